The number of nitrogens with one attached hydrogen (secondary N) is 2. The van der Waals surface area contributed by atoms with Crippen LogP contribution in [0.3, 0.4) is 0 Å². The number of carbonyl (C=O) groups is 10. The molecular weight excluding hydrogens is 1380 g/mol. The molecule has 7 heterocycles. The smallest absolute Gasteiger partial charge is 0.410 e. The number of ether oxygens (including phenoxy) is 5. The number of aldehydes is 1. The van der Waals surface area contributed by atoms with Crippen molar-refractivity contribution in [1.29, 1.82) is 0 Å². The van der Waals surface area contributed by atoms with E-state index in [0.29, 0.717) is 78.0 Å². The number of nitrogens with two attached hydrogens (primary N) is 1. The first-order chi connectivity index (χ1) is 48.9. The molecule has 0 radical (unpaired) electrons. The van der Waals surface area contributed by atoms with Crippen LogP contribution in [-0.4, -0.2) is 223 Å². The molecule has 7 aliphatic rings. The van der Waals surface area contributed by atoms with E-state index in [9.17, 15) is 47.9 Å². The van der Waals surface area contributed by atoms with E-state index in [2.05, 4.69) is 20.8 Å². The Morgan fingerprint density at radius 2 is 0.858 bits per heavy atom. The zero-order chi connectivity index (χ0) is 78.4. The maximum Gasteiger partial charge on any atom is 0.410 e. The van der Waals surface area contributed by atoms with E-state index >= 15 is 0 Å². The number of esters is 2. The molecule has 0 aromatic heterocycles. The lowest BCUT2D eigenvalue weighted by atomic mass is 9.99. The Balaban J connectivity index is 0.000000310. The first kappa shape index (κ1) is 91.0. The fourth-order valence-corrected chi connectivity index (χ4v) is 13.9. The molecule has 0 bridgehead atoms. The minimum absolute atomic E-state index is 0. The lowest BCUT2D eigenvalue weighted by molar-refractivity contribution is -0.659. The number of nitrogens with zero attached hydrogens (tertiary/aromatic N) is 7. The van der Waals surface area contributed by atoms with Crippen LogP contribution in [0.1, 0.15) is 233 Å². The molecule has 25 nitrogen and oxygen atoms in total. The molecule has 4 N–H and O–H groups in total. The highest BCUT2D eigenvalue weighted by Gasteiger charge is 2.51. The Morgan fingerprint density at radius 3 is 1.25 bits per heavy atom. The summed E-state index contributed by atoms with van der Waals surface area (Å²) >= 11 is 0. The van der Waals surface area contributed by atoms with Gasteiger partial charge in [-0.25, -0.2) is 25.8 Å². The van der Waals surface area contributed by atoms with Crippen molar-refractivity contribution in [3.63, 3.8) is 0 Å². The highest BCUT2D eigenvalue weighted by Crippen LogP contribution is 2.35. The number of rotatable bonds is 15. The summed E-state index contributed by atoms with van der Waals surface area (Å²) in [6, 6.07) is 15.6. The van der Waals surface area contributed by atoms with Crippen molar-refractivity contribution in [2.75, 3.05) is 45.8 Å². The van der Waals surface area contributed by atoms with Crippen LogP contribution in [0.25, 0.3) is 4.85 Å². The number of benzene rings is 2. The molecule has 0 saturated carbocycles. The van der Waals surface area contributed by atoms with E-state index in [-0.39, 0.29) is 96.3 Å². The maximum atomic E-state index is 13.7. The number of Topliss-reactive ketones (excluding diaryl/α,β-unsaturated/α-hetero) is 1. The number of halogens is 1. The van der Waals surface area contributed by atoms with Crippen LogP contribution in [0.15, 0.2) is 60.7 Å². The van der Waals surface area contributed by atoms with Crippen LogP contribution < -0.4 is 28.4 Å². The summed E-state index contributed by atoms with van der Waals surface area (Å²) in [5.74, 6) is -0.828. The van der Waals surface area contributed by atoms with Gasteiger partial charge in [0.15, 0.2) is 11.8 Å². The van der Waals surface area contributed by atoms with Gasteiger partial charge in [0.25, 0.3) is 0 Å². The third kappa shape index (κ3) is 30.0. The molecule has 7 saturated heterocycles. The molecule has 9 rings (SSSR count). The van der Waals surface area contributed by atoms with Gasteiger partial charge in [-0.1, -0.05) is 60.7 Å². The van der Waals surface area contributed by atoms with Crippen LogP contribution in [0.2, 0.25) is 0 Å². The second-order valence-corrected chi connectivity index (χ2v) is 34.5. The summed E-state index contributed by atoms with van der Waals surface area (Å²) in [6.45, 7) is 46.7. The average molecular weight is 1500 g/mol. The van der Waals surface area contributed by atoms with Crippen LogP contribution in [0, 0.1) is 6.57 Å². The second-order valence-electron chi connectivity index (χ2n) is 34.5. The van der Waals surface area contributed by atoms with Gasteiger partial charge in [0.2, 0.25) is 23.3 Å². The van der Waals surface area contributed by atoms with Crippen molar-refractivity contribution in [3.05, 3.63) is 83.2 Å². The van der Waals surface area contributed by atoms with Gasteiger partial charge in [-0.2, -0.15) is 0 Å². The molecule has 594 valence electrons. The summed E-state index contributed by atoms with van der Waals surface area (Å²) in [7, 11) is 0. The molecule has 2 unspecified atom stereocenters. The summed E-state index contributed by atoms with van der Waals surface area (Å²) in [5.41, 5.74) is -0.885. The van der Waals surface area contributed by atoms with Crippen LogP contribution >= 0.6 is 0 Å². The average Bonchev–Trinajstić information content (AvgIpc) is 1.58. The topological polar surface area (TPSA) is 281 Å². The highest BCUT2D eigenvalue weighted by molar-refractivity contribution is 5.92. The third-order valence-corrected chi connectivity index (χ3v) is 18.3. The summed E-state index contributed by atoms with van der Waals surface area (Å²) in [4.78, 5) is 140. The number of quaternary nitrogens is 1. The normalized spacial score (nSPS) is 22.5. The van der Waals surface area contributed by atoms with Crippen molar-refractivity contribution in [2.24, 2.45) is 0 Å². The Labute approximate surface area is 637 Å². The highest BCUT2D eigenvalue weighted by atomic mass is 35.5. The lowest BCUT2D eigenvalue weighted by Crippen LogP contribution is -3.00. The van der Waals surface area contributed by atoms with Gasteiger partial charge in [-0.3, -0.25) is 38.7 Å². The van der Waals surface area contributed by atoms with Crippen molar-refractivity contribution in [3.8, 4) is 0 Å². The summed E-state index contributed by atoms with van der Waals surface area (Å²) in [6.07, 6.45) is 10.5. The summed E-state index contributed by atoms with van der Waals surface area (Å²) in [5, 5.41) is 8.25. The molecule has 0 aliphatic carbocycles. The first-order valence-electron chi connectivity index (χ1n) is 37.9. The molecule has 2 aromatic carbocycles. The fourth-order valence-electron chi connectivity index (χ4n) is 13.9. The quantitative estimate of drug-likeness (QED) is 0.0680. The molecule has 106 heavy (non-hydrogen) atoms. The fraction of sp³-hybridized carbons (Fsp3) is 0.713. The van der Waals surface area contributed by atoms with Crippen LogP contribution in [0.5, 0.6) is 0 Å². The predicted molar refractivity (Wildman–Crippen MR) is 401 cm³/mol. The van der Waals surface area contributed by atoms with E-state index in [1.54, 1.807) is 21.6 Å². The van der Waals surface area contributed by atoms with Crippen molar-refractivity contribution < 1.29 is 89.4 Å². The van der Waals surface area contributed by atoms with Gasteiger partial charge in [0.1, 0.15) is 54.4 Å². The van der Waals surface area contributed by atoms with E-state index < -0.39 is 64.2 Å². The molecule has 2 aromatic rings. The number of hydrogen-bond acceptors (Lipinski definition) is 17. The van der Waals surface area contributed by atoms with Gasteiger partial charge in [-0.15, -0.1) is 0 Å². The third-order valence-electron chi connectivity index (χ3n) is 18.3. The van der Waals surface area contributed by atoms with E-state index in [4.69, 9.17) is 30.3 Å². The summed E-state index contributed by atoms with van der Waals surface area (Å²) < 4.78 is 27.4. The minimum atomic E-state index is -0.668. The second kappa shape index (κ2) is 40.7. The van der Waals surface area contributed by atoms with E-state index in [1.807, 2.05) is 195 Å². The number of carbonyl (C=O) groups excluding carboxylic acids is 10. The van der Waals surface area contributed by atoms with Gasteiger partial charge in [-0.05, 0) is 212 Å². The molecule has 0 spiro atoms. The number of hydrogen-bond donors (Lipinski definition) is 3. The van der Waals surface area contributed by atoms with Gasteiger partial charge in [0.05, 0.1) is 36.8 Å². The predicted octanol–water partition coefficient (Wildman–Crippen LogP) is 7.34. The first-order valence-corrected chi connectivity index (χ1v) is 37.9. The molecule has 7 fully saturated rings. The molecule has 6 amide bonds. The molecule has 9 atom stereocenters. The number of ketones is 1. The standard InChI is InChI=1S/C27H41N3O5.C26H44N4O5.C12H15NO2.C10H17NO3.C5H9N.ClH/c1-26(2,3)28-23(31)22(20-14-10-17-30(20)25(33)35-27(4,5)6)29-16-11-15-21(29)24(32)34-18-19-12-8-7-9-13-19;1-17(31)18-11-8-15-29(18)23(33)20-13-10-14-28(20)21(22(32)27-25(2,3)4)19-12-9-16-30(19)24(34)35-26(5,6)7;14-12(11-7-4-8-13-11)15-9-10-5-2-1-3-6-10;1-10(2,3)14-9(13)11-6-4-5-8(11)7-12;1-5(2,3)6-4;/h7-9,12-13,20-22H,10-11,14-18H2,1-6H3,(H,28,31);18-21H,8-16H2,1-7H3,(H,27,32);1-3,5-6,11,13H,4,7-9H2;7-8H,4-6H2,1-3H3;1-3H3;1H/t20-,21-,22?;18-,19-,20-,21?;11-;8-;;/m0000../s1. The maximum absolute atomic E-state index is 13.7. The zero-order valence-electron chi connectivity index (χ0n) is 67.0. The molecular formula is C80H127ClN10O15. The number of likely N-dealkylation sites (tertiary alicyclic amines) is 6. The van der Waals surface area contributed by atoms with Crippen molar-refractivity contribution in [1.82, 2.24) is 40.0 Å². The Bertz CT molecular complexity index is 3230. The van der Waals surface area contributed by atoms with Gasteiger partial charge < -0.3 is 76.4 Å². The van der Waals surface area contributed by atoms with Crippen molar-refractivity contribution in [2.45, 2.75) is 322 Å². The zero-order valence-corrected chi connectivity index (χ0v) is 67.8. The van der Waals surface area contributed by atoms with Crippen LogP contribution in [0.4, 0.5) is 14.4 Å². The largest absolute Gasteiger partial charge is 1.00 e. The number of amides is 6. The Morgan fingerprint density at radius 1 is 0.491 bits per heavy atom. The lowest BCUT2D eigenvalue weighted by Gasteiger charge is -2.41. The van der Waals surface area contributed by atoms with Gasteiger partial charge >= 0.3 is 30.2 Å². The monoisotopic (exact) mass is 1500 g/mol. The Hall–Kier alpha value is -7.40. The molecule has 7 aliphatic heterocycles. The van der Waals surface area contributed by atoms with Crippen molar-refractivity contribution >= 4 is 60.0 Å². The van der Waals surface area contributed by atoms with E-state index in [1.165, 1.54) is 4.90 Å². The Kier molecular flexibility index (Phi) is 34.9. The minimum Gasteiger partial charge on any atom is -1.00 e. The van der Waals surface area contributed by atoms with Gasteiger partial charge in [0, 0.05) is 70.9 Å². The molecule has 26 heteroatoms. The van der Waals surface area contributed by atoms with Crippen LogP contribution in [-0.2, 0) is 70.5 Å². The SMILES string of the molecule is CC(=O)[C@@H]1CCCN1C(=O)[C@@H]1CCCN1C(C(=O)NC(C)(C)C)[C@@H]1CCCN1C(=O)OC(C)(C)C.CC(C)(C)NC(=O)C([C@@H]1CCCN1C(=O)OC(C)(C)C)N1CCC[C@H]1C(=O)OCc1ccccc1.CC(C)(C)OC(=O)N1CCC[C@H]1C=O.O=C(OCc1ccccc1)[C@@H]1CCC[NH2+]1.[C-]#[N+]C(C)(C)C.[Cl-]. The van der Waals surface area contributed by atoms with E-state index in [0.717, 1.165) is 81.7 Å².